The van der Waals surface area contributed by atoms with Gasteiger partial charge >= 0.3 is 6.09 Å². The summed E-state index contributed by atoms with van der Waals surface area (Å²) >= 11 is 5.17. The predicted octanol–water partition coefficient (Wildman–Crippen LogP) is 2.54. The molecule has 4 N–H and O–H groups in total. The van der Waals surface area contributed by atoms with Crippen LogP contribution in [0.3, 0.4) is 0 Å². The fourth-order valence-electron chi connectivity index (χ4n) is 2.29. The maximum Gasteiger partial charge on any atom is 0.413 e. The molecule has 0 spiro atoms. The van der Waals surface area contributed by atoms with E-state index >= 15 is 0 Å². The number of carbonyl (C=O) groups is 2. The summed E-state index contributed by atoms with van der Waals surface area (Å²) in [7, 11) is 0. The highest BCUT2D eigenvalue weighted by Gasteiger charge is 2.07. The van der Waals surface area contributed by atoms with Crippen LogP contribution in [0.4, 0.5) is 15.0 Å². The molecule has 1 aromatic carbocycles. The smallest absolute Gasteiger partial charge is 0.413 e. The largest absolute Gasteiger partial charge is 0.444 e. The molecule has 0 aliphatic carbocycles. The number of unbranched alkanes of at least 4 members (excludes halogenated alkanes) is 1. The van der Waals surface area contributed by atoms with E-state index in [0.29, 0.717) is 23.2 Å². The zero-order chi connectivity index (χ0) is 19.6. The Balaban J connectivity index is 1.69. The third-order valence-corrected chi connectivity index (χ3v) is 3.99. The number of thiocarbonyl (C=S) groups is 1. The molecule has 27 heavy (non-hydrogen) atoms. The maximum atomic E-state index is 13.3. The van der Waals surface area contributed by atoms with Crippen LogP contribution in [0.25, 0.3) is 10.8 Å². The summed E-state index contributed by atoms with van der Waals surface area (Å²) in [5.74, 6) is -0.294. The number of hydrogen-bond donors (Lipinski definition) is 3. The first kappa shape index (κ1) is 20.7. The lowest BCUT2D eigenvalue weighted by molar-refractivity contribution is -0.119. The Morgan fingerprint density at radius 2 is 2.04 bits per heavy atom. The molecule has 1 heterocycles. The molecule has 144 valence electrons. The number of nitrogens with one attached hydrogen (secondary N) is 2. The van der Waals surface area contributed by atoms with Crippen LogP contribution in [0, 0.1) is 5.82 Å². The molecule has 9 heteroatoms. The highest BCUT2D eigenvalue weighted by molar-refractivity contribution is 7.80. The summed E-state index contributed by atoms with van der Waals surface area (Å²) in [6.45, 7) is 0.523. The predicted molar refractivity (Wildman–Crippen MR) is 105 cm³/mol. The summed E-state index contributed by atoms with van der Waals surface area (Å²) in [5.41, 5.74) is 5.18. The monoisotopic (exact) mass is 392 g/mol. The van der Waals surface area contributed by atoms with Gasteiger partial charge in [-0.15, -0.1) is 0 Å². The molecule has 0 unspecified atom stereocenters. The molecule has 2 amide bonds. The van der Waals surface area contributed by atoms with E-state index in [4.69, 9.17) is 22.7 Å². The number of amides is 2. The summed E-state index contributed by atoms with van der Waals surface area (Å²) in [6.07, 6.45) is 2.99. The van der Waals surface area contributed by atoms with Crippen molar-refractivity contribution in [3.05, 3.63) is 36.3 Å². The number of carbonyl (C=O) groups excluding carboxylic acids is 2. The first-order valence-corrected chi connectivity index (χ1v) is 8.86. The van der Waals surface area contributed by atoms with Gasteiger partial charge in [0.1, 0.15) is 18.2 Å². The van der Waals surface area contributed by atoms with Crippen molar-refractivity contribution in [3.63, 3.8) is 0 Å². The van der Waals surface area contributed by atoms with E-state index in [9.17, 15) is 14.0 Å². The highest BCUT2D eigenvalue weighted by atomic mass is 32.1. The van der Waals surface area contributed by atoms with Gasteiger partial charge in [0.05, 0.1) is 6.54 Å². The highest BCUT2D eigenvalue weighted by Crippen LogP contribution is 2.18. The van der Waals surface area contributed by atoms with E-state index in [0.717, 1.165) is 18.2 Å². The van der Waals surface area contributed by atoms with E-state index in [1.54, 1.807) is 18.3 Å². The van der Waals surface area contributed by atoms with Crippen LogP contribution in [0.15, 0.2) is 30.5 Å². The van der Waals surface area contributed by atoms with Gasteiger partial charge in [-0.2, -0.15) is 0 Å². The molecule has 0 aliphatic rings. The minimum Gasteiger partial charge on any atom is -0.444 e. The van der Waals surface area contributed by atoms with E-state index in [2.05, 4.69) is 15.6 Å². The lowest BCUT2D eigenvalue weighted by Gasteiger charge is -2.08. The van der Waals surface area contributed by atoms with Crippen molar-refractivity contribution in [1.82, 2.24) is 10.3 Å². The summed E-state index contributed by atoms with van der Waals surface area (Å²) in [5, 5.41) is 6.54. The van der Waals surface area contributed by atoms with Gasteiger partial charge in [0.2, 0.25) is 5.91 Å². The molecular formula is C18H21FN4O3S. The molecule has 2 rings (SSSR count). The molecular weight excluding hydrogens is 371 g/mol. The fraction of sp³-hybridized carbons (Fsp3) is 0.333. The standard InChI is InChI=1S/C18H21FN4O3S/c19-14-5-4-12-10-22-16(8-13(12)7-14)23-18(25)26-11-15(27)3-1-2-6-21-17(24)9-20/h4-5,7-8,10H,1-3,6,9,11,20H2,(H,21,24)(H,22,23,25). The first-order valence-electron chi connectivity index (χ1n) is 8.45. The van der Waals surface area contributed by atoms with E-state index in [1.807, 2.05) is 0 Å². The van der Waals surface area contributed by atoms with Gasteiger partial charge in [0.15, 0.2) is 0 Å². The third-order valence-electron chi connectivity index (χ3n) is 3.67. The van der Waals surface area contributed by atoms with Gasteiger partial charge in [-0.25, -0.2) is 14.2 Å². The minimum atomic E-state index is -0.684. The van der Waals surface area contributed by atoms with E-state index < -0.39 is 6.09 Å². The molecule has 1 aromatic heterocycles. The van der Waals surface area contributed by atoms with Crippen LogP contribution in [0.5, 0.6) is 0 Å². The van der Waals surface area contributed by atoms with Crippen molar-refractivity contribution in [2.75, 3.05) is 25.0 Å². The lowest BCUT2D eigenvalue weighted by Crippen LogP contribution is -2.30. The van der Waals surface area contributed by atoms with Crippen molar-refractivity contribution in [1.29, 1.82) is 0 Å². The molecule has 0 fully saturated rings. The van der Waals surface area contributed by atoms with Crippen LogP contribution in [0.1, 0.15) is 19.3 Å². The second-order valence-corrected chi connectivity index (χ2v) is 6.39. The van der Waals surface area contributed by atoms with Gasteiger partial charge in [0, 0.05) is 23.0 Å². The third kappa shape index (κ3) is 7.24. The average molecular weight is 392 g/mol. The number of anilines is 1. The Morgan fingerprint density at radius 1 is 1.22 bits per heavy atom. The quantitative estimate of drug-likeness (QED) is 0.447. The Kier molecular flexibility index (Phi) is 8.02. The van der Waals surface area contributed by atoms with Gasteiger partial charge < -0.3 is 15.8 Å². The molecule has 0 atom stereocenters. The zero-order valence-electron chi connectivity index (χ0n) is 14.7. The van der Waals surface area contributed by atoms with Gasteiger partial charge in [0.25, 0.3) is 0 Å². The molecule has 0 saturated carbocycles. The van der Waals surface area contributed by atoms with Crippen molar-refractivity contribution in [2.24, 2.45) is 5.73 Å². The Bertz CT molecular complexity index is 831. The lowest BCUT2D eigenvalue weighted by atomic mass is 10.2. The van der Waals surface area contributed by atoms with Crippen LogP contribution < -0.4 is 16.4 Å². The van der Waals surface area contributed by atoms with Gasteiger partial charge in [-0.3, -0.25) is 10.1 Å². The van der Waals surface area contributed by atoms with Crippen molar-refractivity contribution < 1.29 is 18.7 Å². The number of halogens is 1. The van der Waals surface area contributed by atoms with Crippen molar-refractivity contribution in [2.45, 2.75) is 19.3 Å². The molecule has 0 radical (unpaired) electrons. The number of rotatable bonds is 9. The van der Waals surface area contributed by atoms with Crippen LogP contribution >= 0.6 is 12.2 Å². The molecule has 0 bridgehead atoms. The number of nitrogens with zero attached hydrogens (tertiary/aromatic N) is 1. The maximum absolute atomic E-state index is 13.3. The SMILES string of the molecule is NCC(=O)NCCCCC(=S)COC(=O)Nc1cc2cc(F)ccc2cn1. The molecule has 2 aromatic rings. The number of ether oxygens (including phenoxy) is 1. The zero-order valence-corrected chi connectivity index (χ0v) is 15.5. The Morgan fingerprint density at radius 3 is 2.81 bits per heavy atom. The fourth-order valence-corrected chi connectivity index (χ4v) is 2.49. The topological polar surface area (TPSA) is 106 Å². The van der Waals surface area contributed by atoms with Gasteiger partial charge in [-0.05, 0) is 48.9 Å². The van der Waals surface area contributed by atoms with E-state index in [1.165, 1.54) is 12.1 Å². The van der Waals surface area contributed by atoms with Crippen LogP contribution in [0.2, 0.25) is 0 Å². The molecule has 0 aliphatic heterocycles. The summed E-state index contributed by atoms with van der Waals surface area (Å²) in [6, 6.07) is 5.88. The number of aromatic nitrogens is 1. The first-order chi connectivity index (χ1) is 13.0. The minimum absolute atomic E-state index is 0.0124. The number of nitrogens with two attached hydrogens (primary N) is 1. The molecule has 7 nitrogen and oxygen atoms in total. The van der Waals surface area contributed by atoms with Gasteiger partial charge in [-0.1, -0.05) is 12.2 Å². The number of pyridine rings is 1. The average Bonchev–Trinajstić information content (AvgIpc) is 2.65. The van der Waals surface area contributed by atoms with Crippen LogP contribution in [-0.2, 0) is 9.53 Å². The second kappa shape index (κ2) is 10.5. The normalized spacial score (nSPS) is 10.4. The van der Waals surface area contributed by atoms with Crippen molar-refractivity contribution >= 4 is 45.7 Å². The summed E-state index contributed by atoms with van der Waals surface area (Å²) < 4.78 is 18.3. The summed E-state index contributed by atoms with van der Waals surface area (Å²) in [4.78, 5) is 27.5. The number of fused-ring (bicyclic) bond motifs is 1. The molecule has 0 saturated heterocycles. The van der Waals surface area contributed by atoms with E-state index in [-0.39, 0.29) is 30.7 Å². The Labute approximate surface area is 161 Å². The van der Waals surface area contributed by atoms with Crippen molar-refractivity contribution in [3.8, 4) is 0 Å². The van der Waals surface area contributed by atoms with Crippen LogP contribution in [-0.4, -0.2) is 41.5 Å². The number of hydrogen-bond acceptors (Lipinski definition) is 6. The second-order valence-electron chi connectivity index (χ2n) is 5.81. The number of benzene rings is 1. The Hall–Kier alpha value is -2.65.